The molecule has 0 saturated carbocycles. The van der Waals surface area contributed by atoms with Gasteiger partial charge in [0.1, 0.15) is 5.82 Å². The summed E-state index contributed by atoms with van der Waals surface area (Å²) in [5.41, 5.74) is 2.83. The number of benzene rings is 2. The second-order valence-corrected chi connectivity index (χ2v) is 10.8. The van der Waals surface area contributed by atoms with Crippen LogP contribution in [0.25, 0.3) is 5.69 Å². The van der Waals surface area contributed by atoms with Crippen LogP contribution in [0, 0.1) is 5.92 Å². The maximum absolute atomic E-state index is 13.0. The molecule has 2 N–H and O–H groups in total. The summed E-state index contributed by atoms with van der Waals surface area (Å²) in [5, 5.41) is 10.9. The number of carbonyl (C=O) groups is 3. The predicted molar refractivity (Wildman–Crippen MR) is 161 cm³/mol. The normalized spacial score (nSPS) is 14.9. The molecule has 0 radical (unpaired) electrons. The van der Waals surface area contributed by atoms with Gasteiger partial charge in [0.2, 0.25) is 5.91 Å². The Balaban J connectivity index is 1.46. The number of anilines is 2. The molecule has 1 saturated heterocycles. The minimum Gasteiger partial charge on any atom is -0.466 e. The van der Waals surface area contributed by atoms with Crippen LogP contribution >= 0.6 is 23.2 Å². The van der Waals surface area contributed by atoms with Gasteiger partial charge in [0.15, 0.2) is 0 Å². The number of nitrogens with zero attached hydrogens (tertiary/aromatic N) is 3. The van der Waals surface area contributed by atoms with Crippen molar-refractivity contribution in [1.82, 2.24) is 14.7 Å². The van der Waals surface area contributed by atoms with Crippen molar-refractivity contribution >= 4 is 52.6 Å². The van der Waals surface area contributed by atoms with Crippen LogP contribution in [-0.2, 0) is 27.2 Å². The highest BCUT2D eigenvalue weighted by Gasteiger charge is 2.29. The number of urea groups is 1. The van der Waals surface area contributed by atoms with Crippen LogP contribution in [-0.4, -0.2) is 52.3 Å². The Morgan fingerprint density at radius 1 is 1.07 bits per heavy atom. The molecule has 1 aromatic heterocycles. The Kier molecular flexibility index (Phi) is 10.7. The third-order valence-corrected chi connectivity index (χ3v) is 7.74. The fraction of sp³-hybridized carbons (Fsp3) is 0.400. The van der Waals surface area contributed by atoms with Gasteiger partial charge in [0, 0.05) is 19.2 Å². The number of aromatic nitrogens is 2. The zero-order valence-electron chi connectivity index (χ0n) is 23.3. The van der Waals surface area contributed by atoms with Crippen molar-refractivity contribution in [2.75, 3.05) is 30.3 Å². The number of piperidine rings is 1. The lowest BCUT2D eigenvalue weighted by Gasteiger charge is -2.31. The first kappa shape index (κ1) is 30.4. The van der Waals surface area contributed by atoms with E-state index in [-0.39, 0.29) is 29.2 Å². The molecule has 218 valence electrons. The Morgan fingerprint density at radius 3 is 2.59 bits per heavy atom. The molecule has 0 spiro atoms. The quantitative estimate of drug-likeness (QED) is 0.258. The number of halogens is 2. The van der Waals surface area contributed by atoms with Crippen LogP contribution in [0.4, 0.5) is 16.3 Å². The summed E-state index contributed by atoms with van der Waals surface area (Å²) in [7, 11) is 0. The van der Waals surface area contributed by atoms with Gasteiger partial charge in [0.25, 0.3) is 0 Å². The molecule has 4 rings (SSSR count). The first-order valence-corrected chi connectivity index (χ1v) is 14.7. The summed E-state index contributed by atoms with van der Waals surface area (Å²) in [6.07, 6.45) is 4.50. The third-order valence-electron chi connectivity index (χ3n) is 6.92. The Bertz CT molecular complexity index is 1380. The molecule has 0 bridgehead atoms. The third kappa shape index (κ3) is 8.01. The molecular weight excluding hydrogens is 565 g/mol. The molecule has 2 heterocycles. The van der Waals surface area contributed by atoms with Crippen LogP contribution in [0.2, 0.25) is 10.0 Å². The van der Waals surface area contributed by atoms with Crippen molar-refractivity contribution in [2.45, 2.75) is 52.4 Å². The Hall–Kier alpha value is -3.56. The number of hydrogen-bond acceptors (Lipinski definition) is 5. The predicted octanol–water partition coefficient (Wildman–Crippen LogP) is 6.51. The molecule has 1 fully saturated rings. The topological polar surface area (TPSA) is 106 Å². The molecule has 41 heavy (non-hydrogen) atoms. The zero-order chi connectivity index (χ0) is 29.4. The van der Waals surface area contributed by atoms with Gasteiger partial charge in [-0.1, -0.05) is 54.7 Å². The largest absolute Gasteiger partial charge is 0.466 e. The first-order chi connectivity index (χ1) is 19.8. The average Bonchev–Trinajstić information content (AvgIpc) is 3.37. The number of esters is 1. The van der Waals surface area contributed by atoms with E-state index in [9.17, 15) is 14.4 Å². The van der Waals surface area contributed by atoms with Crippen LogP contribution in [0.5, 0.6) is 0 Å². The number of likely N-dealkylation sites (tertiary alicyclic amines) is 1. The Labute approximate surface area is 250 Å². The monoisotopic (exact) mass is 599 g/mol. The van der Waals surface area contributed by atoms with E-state index in [1.807, 2.05) is 30.3 Å². The molecule has 9 nitrogen and oxygen atoms in total. The van der Waals surface area contributed by atoms with Gasteiger partial charge in [-0.3, -0.25) is 14.9 Å². The van der Waals surface area contributed by atoms with Gasteiger partial charge in [-0.15, -0.1) is 0 Å². The maximum atomic E-state index is 13.0. The minimum atomic E-state index is -0.484. The van der Waals surface area contributed by atoms with Crippen LogP contribution in [0.1, 0.15) is 50.8 Å². The zero-order valence-corrected chi connectivity index (χ0v) is 24.8. The van der Waals surface area contributed by atoms with Gasteiger partial charge < -0.3 is 15.0 Å². The van der Waals surface area contributed by atoms with Gasteiger partial charge in [-0.05, 0) is 62.4 Å². The van der Waals surface area contributed by atoms with E-state index in [0.717, 1.165) is 49.0 Å². The van der Waals surface area contributed by atoms with Crippen molar-refractivity contribution in [3.05, 3.63) is 69.8 Å². The summed E-state index contributed by atoms with van der Waals surface area (Å²) < 4.78 is 6.82. The highest BCUT2D eigenvalue weighted by molar-refractivity contribution is 6.44. The lowest BCUT2D eigenvalue weighted by Crippen LogP contribution is -2.43. The molecule has 1 unspecified atom stereocenters. The second-order valence-electron chi connectivity index (χ2n) is 9.99. The summed E-state index contributed by atoms with van der Waals surface area (Å²) in [6, 6.07) is 13.9. The van der Waals surface area contributed by atoms with Crippen molar-refractivity contribution in [1.29, 1.82) is 0 Å². The van der Waals surface area contributed by atoms with Crippen molar-refractivity contribution < 1.29 is 19.1 Å². The fourth-order valence-electron chi connectivity index (χ4n) is 4.76. The van der Waals surface area contributed by atoms with Crippen LogP contribution in [0.3, 0.4) is 0 Å². The number of nitrogens with one attached hydrogen (secondary N) is 2. The highest BCUT2D eigenvalue weighted by atomic mass is 35.5. The first-order valence-electron chi connectivity index (χ1n) is 13.9. The molecule has 3 amide bonds. The van der Waals surface area contributed by atoms with Gasteiger partial charge in [0.05, 0.1) is 46.1 Å². The van der Waals surface area contributed by atoms with Crippen LogP contribution < -0.4 is 10.6 Å². The molecule has 1 aliphatic heterocycles. The number of carbonyl (C=O) groups excluding carboxylic acids is 3. The van der Waals surface area contributed by atoms with Gasteiger partial charge in [-0.2, -0.15) is 5.10 Å². The lowest BCUT2D eigenvalue weighted by molar-refractivity contribution is -0.151. The average molecular weight is 601 g/mol. The summed E-state index contributed by atoms with van der Waals surface area (Å²) in [6.45, 7) is 5.26. The van der Waals surface area contributed by atoms with E-state index >= 15 is 0 Å². The number of aryl methyl sites for hydroxylation is 1. The Morgan fingerprint density at radius 2 is 1.85 bits per heavy atom. The van der Waals surface area contributed by atoms with E-state index in [1.165, 1.54) is 0 Å². The second kappa shape index (κ2) is 14.4. The standard InChI is InChI=1S/C30H35Cl2N5O4/c1-3-5-9-22-18-26(34-30(40)33-25-11-6-10-24(31)28(25)32)37(35-22)23-14-12-20(13-15-23)17-27(38)36-16-7-8-21(19-36)29(39)41-4-2/h6,10-15,18,21H,3-5,7-9,16-17,19H2,1-2H3,(H2,33,34,40). The van der Waals surface area contributed by atoms with E-state index in [1.54, 1.807) is 34.7 Å². The number of amides is 3. The summed E-state index contributed by atoms with van der Waals surface area (Å²) in [5.74, 6) is -0.0318. The molecule has 2 aromatic carbocycles. The van der Waals surface area contributed by atoms with E-state index in [4.69, 9.17) is 33.0 Å². The summed E-state index contributed by atoms with van der Waals surface area (Å²) in [4.78, 5) is 39.8. The van der Waals surface area contributed by atoms with Crippen molar-refractivity contribution in [3.63, 3.8) is 0 Å². The van der Waals surface area contributed by atoms with Gasteiger partial charge in [-0.25, -0.2) is 9.48 Å². The molecule has 0 aliphatic carbocycles. The number of hydrogen-bond donors (Lipinski definition) is 2. The smallest absolute Gasteiger partial charge is 0.324 e. The van der Waals surface area contributed by atoms with Gasteiger partial charge >= 0.3 is 12.0 Å². The van der Waals surface area contributed by atoms with E-state index in [0.29, 0.717) is 36.2 Å². The number of rotatable bonds is 10. The highest BCUT2D eigenvalue weighted by Crippen LogP contribution is 2.30. The maximum Gasteiger partial charge on any atom is 0.324 e. The lowest BCUT2D eigenvalue weighted by atomic mass is 9.97. The fourth-order valence-corrected chi connectivity index (χ4v) is 5.11. The molecule has 11 heteroatoms. The van der Waals surface area contributed by atoms with E-state index in [2.05, 4.69) is 17.6 Å². The van der Waals surface area contributed by atoms with E-state index < -0.39 is 6.03 Å². The molecule has 1 atom stereocenters. The molecular formula is C30H35Cl2N5O4. The van der Waals surface area contributed by atoms with Crippen molar-refractivity contribution in [3.8, 4) is 5.69 Å². The van der Waals surface area contributed by atoms with Crippen molar-refractivity contribution in [2.24, 2.45) is 5.92 Å². The van der Waals surface area contributed by atoms with Crippen LogP contribution in [0.15, 0.2) is 48.5 Å². The molecule has 3 aromatic rings. The minimum absolute atomic E-state index is 0.0219. The SMILES string of the molecule is CCCCc1cc(NC(=O)Nc2cccc(Cl)c2Cl)n(-c2ccc(CC(=O)N3CCCC(C(=O)OCC)C3)cc2)n1. The molecule has 1 aliphatic rings. The summed E-state index contributed by atoms with van der Waals surface area (Å²) >= 11 is 12.3. The number of unbranched alkanes of at least 4 members (excludes halogenated alkanes) is 1. The number of ether oxygens (including phenoxy) is 1.